The molecule has 0 saturated carbocycles. The Balaban J connectivity index is 2.12. The molecule has 0 radical (unpaired) electrons. The van der Waals surface area contributed by atoms with E-state index in [1.165, 1.54) is 4.90 Å². The van der Waals surface area contributed by atoms with Crippen LogP contribution in [0.1, 0.15) is 18.4 Å². The molecular formula is C14H16BrNO4. The highest BCUT2D eigenvalue weighted by molar-refractivity contribution is 9.10. The first-order valence-corrected chi connectivity index (χ1v) is 7.09. The second-order valence-corrected chi connectivity index (χ2v) is 5.92. The van der Waals surface area contributed by atoms with Crippen LogP contribution in [0.4, 0.5) is 0 Å². The summed E-state index contributed by atoms with van der Waals surface area (Å²) in [5, 5.41) is 8.90. The third-order valence-corrected chi connectivity index (χ3v) is 3.89. The SMILES string of the molecule is CC(CN(C)C(=O)C1COc2ccc(Br)cc21)C(=O)O. The minimum atomic E-state index is -0.907. The number of amides is 1. The van der Waals surface area contributed by atoms with E-state index in [9.17, 15) is 9.59 Å². The first-order chi connectivity index (χ1) is 9.40. The average Bonchev–Trinajstić information content (AvgIpc) is 2.80. The van der Waals surface area contributed by atoms with Gasteiger partial charge in [-0.2, -0.15) is 0 Å². The first kappa shape index (κ1) is 14.8. The number of carboxylic acid groups (broad SMARTS) is 1. The van der Waals surface area contributed by atoms with Crippen LogP contribution in [-0.2, 0) is 9.59 Å². The molecular weight excluding hydrogens is 326 g/mol. The highest BCUT2D eigenvalue weighted by atomic mass is 79.9. The van der Waals surface area contributed by atoms with E-state index in [2.05, 4.69) is 15.9 Å². The molecule has 1 aliphatic heterocycles. The van der Waals surface area contributed by atoms with E-state index in [4.69, 9.17) is 9.84 Å². The van der Waals surface area contributed by atoms with Crippen LogP contribution in [0.5, 0.6) is 5.75 Å². The van der Waals surface area contributed by atoms with E-state index >= 15 is 0 Å². The number of likely N-dealkylation sites (N-methyl/N-ethyl adjacent to an activating group) is 1. The quantitative estimate of drug-likeness (QED) is 0.910. The van der Waals surface area contributed by atoms with Crippen molar-refractivity contribution in [1.82, 2.24) is 4.90 Å². The number of carbonyl (C=O) groups excluding carboxylic acids is 1. The Kier molecular flexibility index (Phi) is 4.32. The number of benzene rings is 1. The standard InChI is InChI=1S/C14H16BrNO4/c1-8(14(18)19)6-16(2)13(17)11-7-20-12-4-3-9(15)5-10(11)12/h3-5,8,11H,6-7H2,1-2H3,(H,18,19). The summed E-state index contributed by atoms with van der Waals surface area (Å²) in [6, 6.07) is 5.56. The number of ether oxygens (including phenoxy) is 1. The molecule has 6 heteroatoms. The van der Waals surface area contributed by atoms with E-state index in [0.29, 0.717) is 12.4 Å². The lowest BCUT2D eigenvalue weighted by Gasteiger charge is -2.22. The van der Waals surface area contributed by atoms with Gasteiger partial charge in [0.25, 0.3) is 0 Å². The fourth-order valence-corrected chi connectivity index (χ4v) is 2.61. The van der Waals surface area contributed by atoms with E-state index in [0.717, 1.165) is 10.0 Å². The van der Waals surface area contributed by atoms with Crippen LogP contribution < -0.4 is 4.74 Å². The zero-order chi connectivity index (χ0) is 14.9. The van der Waals surface area contributed by atoms with Gasteiger partial charge in [0.2, 0.25) is 5.91 Å². The van der Waals surface area contributed by atoms with E-state index in [1.807, 2.05) is 18.2 Å². The van der Waals surface area contributed by atoms with Gasteiger partial charge in [0.05, 0.1) is 5.92 Å². The fraction of sp³-hybridized carbons (Fsp3) is 0.429. The van der Waals surface area contributed by atoms with Crippen LogP contribution in [0.25, 0.3) is 0 Å². The number of rotatable bonds is 4. The minimum Gasteiger partial charge on any atom is -0.492 e. The van der Waals surface area contributed by atoms with E-state index < -0.39 is 11.9 Å². The Morgan fingerprint density at radius 2 is 2.25 bits per heavy atom. The predicted octanol–water partition coefficient (Wildman–Crippen LogP) is 2.10. The molecule has 2 rings (SSSR count). The maximum atomic E-state index is 12.4. The van der Waals surface area contributed by atoms with Gasteiger partial charge in [-0.05, 0) is 18.2 Å². The Hall–Kier alpha value is -1.56. The van der Waals surface area contributed by atoms with E-state index in [1.54, 1.807) is 14.0 Å². The molecule has 1 aromatic rings. The molecule has 1 amide bonds. The second-order valence-electron chi connectivity index (χ2n) is 5.00. The highest BCUT2D eigenvalue weighted by Gasteiger charge is 2.33. The molecule has 0 aromatic heterocycles. The first-order valence-electron chi connectivity index (χ1n) is 6.30. The van der Waals surface area contributed by atoms with Crippen LogP contribution >= 0.6 is 15.9 Å². The van der Waals surface area contributed by atoms with Crippen molar-refractivity contribution in [2.45, 2.75) is 12.8 Å². The van der Waals surface area contributed by atoms with Crippen LogP contribution in [0.3, 0.4) is 0 Å². The lowest BCUT2D eigenvalue weighted by molar-refractivity contribution is -0.142. The van der Waals surface area contributed by atoms with Gasteiger partial charge in [-0.1, -0.05) is 22.9 Å². The predicted molar refractivity (Wildman–Crippen MR) is 76.8 cm³/mol. The molecule has 1 aromatic carbocycles. The van der Waals surface area contributed by atoms with Gasteiger partial charge in [-0.15, -0.1) is 0 Å². The van der Waals surface area contributed by atoms with E-state index in [-0.39, 0.29) is 18.4 Å². The number of carbonyl (C=O) groups is 2. The van der Waals surface area contributed by atoms with Crippen LogP contribution in [0.15, 0.2) is 22.7 Å². The molecule has 0 fully saturated rings. The number of fused-ring (bicyclic) bond motifs is 1. The summed E-state index contributed by atoms with van der Waals surface area (Å²) in [7, 11) is 1.62. The van der Waals surface area contributed by atoms with Crippen molar-refractivity contribution in [3.8, 4) is 5.75 Å². The number of halogens is 1. The molecule has 2 unspecified atom stereocenters. The number of hydrogen-bond donors (Lipinski definition) is 1. The topological polar surface area (TPSA) is 66.8 Å². The van der Waals surface area contributed by atoms with Crippen molar-refractivity contribution in [3.05, 3.63) is 28.2 Å². The molecule has 0 spiro atoms. The van der Waals surface area contributed by atoms with Crippen molar-refractivity contribution in [1.29, 1.82) is 0 Å². The number of nitrogens with zero attached hydrogens (tertiary/aromatic N) is 1. The van der Waals surface area contributed by atoms with Crippen molar-refractivity contribution < 1.29 is 19.4 Å². The summed E-state index contributed by atoms with van der Waals surface area (Å²) < 4.78 is 6.40. The summed E-state index contributed by atoms with van der Waals surface area (Å²) in [5.41, 5.74) is 0.846. The largest absolute Gasteiger partial charge is 0.492 e. The van der Waals surface area contributed by atoms with Crippen molar-refractivity contribution in [2.75, 3.05) is 20.2 Å². The third kappa shape index (κ3) is 2.95. The summed E-state index contributed by atoms with van der Waals surface area (Å²) in [6.45, 7) is 2.08. The Labute approximate surface area is 125 Å². The molecule has 1 N–H and O–H groups in total. The average molecular weight is 342 g/mol. The second kappa shape index (κ2) is 5.83. The number of carboxylic acids is 1. The van der Waals surface area contributed by atoms with Crippen molar-refractivity contribution in [2.24, 2.45) is 5.92 Å². The monoisotopic (exact) mass is 341 g/mol. The normalized spacial score (nSPS) is 18.1. The van der Waals surface area contributed by atoms with Gasteiger partial charge in [-0.25, -0.2) is 0 Å². The Morgan fingerprint density at radius 1 is 1.55 bits per heavy atom. The highest BCUT2D eigenvalue weighted by Crippen LogP contribution is 2.36. The molecule has 1 heterocycles. The van der Waals surface area contributed by atoms with Crippen LogP contribution in [-0.4, -0.2) is 42.1 Å². The molecule has 108 valence electrons. The lowest BCUT2D eigenvalue weighted by Crippen LogP contribution is -2.37. The van der Waals surface area contributed by atoms with Gasteiger partial charge in [0.15, 0.2) is 0 Å². The zero-order valence-corrected chi connectivity index (χ0v) is 12.9. The Bertz CT molecular complexity index is 546. The summed E-state index contributed by atoms with van der Waals surface area (Å²) in [4.78, 5) is 24.7. The third-order valence-electron chi connectivity index (χ3n) is 3.40. The molecule has 0 aliphatic carbocycles. The number of hydrogen-bond acceptors (Lipinski definition) is 3. The molecule has 2 atom stereocenters. The maximum absolute atomic E-state index is 12.4. The van der Waals surface area contributed by atoms with Gasteiger partial charge in [0.1, 0.15) is 18.3 Å². The van der Waals surface area contributed by atoms with Crippen LogP contribution in [0.2, 0.25) is 0 Å². The lowest BCUT2D eigenvalue weighted by atomic mass is 9.99. The molecule has 0 bridgehead atoms. The number of aliphatic carboxylic acids is 1. The smallest absolute Gasteiger partial charge is 0.308 e. The van der Waals surface area contributed by atoms with Gasteiger partial charge in [-0.3, -0.25) is 9.59 Å². The zero-order valence-electron chi connectivity index (χ0n) is 11.3. The van der Waals surface area contributed by atoms with Gasteiger partial charge < -0.3 is 14.7 Å². The van der Waals surface area contributed by atoms with Crippen LogP contribution in [0, 0.1) is 5.92 Å². The summed E-state index contributed by atoms with van der Waals surface area (Å²) in [6.07, 6.45) is 0. The molecule has 1 aliphatic rings. The van der Waals surface area contributed by atoms with Crippen molar-refractivity contribution in [3.63, 3.8) is 0 Å². The van der Waals surface area contributed by atoms with Gasteiger partial charge in [0, 0.05) is 23.6 Å². The minimum absolute atomic E-state index is 0.116. The summed E-state index contributed by atoms with van der Waals surface area (Å²) >= 11 is 3.38. The van der Waals surface area contributed by atoms with Crippen molar-refractivity contribution >= 4 is 27.8 Å². The molecule has 0 saturated heterocycles. The Morgan fingerprint density at radius 3 is 2.90 bits per heavy atom. The maximum Gasteiger partial charge on any atom is 0.308 e. The molecule has 5 nitrogen and oxygen atoms in total. The summed E-state index contributed by atoms with van der Waals surface area (Å²) in [5.74, 6) is -1.27. The fourth-order valence-electron chi connectivity index (χ4n) is 2.24. The van der Waals surface area contributed by atoms with Gasteiger partial charge >= 0.3 is 5.97 Å². The molecule has 20 heavy (non-hydrogen) atoms.